The highest BCUT2D eigenvalue weighted by Gasteiger charge is 2.33. The van der Waals surface area contributed by atoms with E-state index in [1.807, 2.05) is 0 Å². The summed E-state index contributed by atoms with van der Waals surface area (Å²) in [6, 6.07) is 0.889. The minimum Gasteiger partial charge on any atom is -0.350 e. The lowest BCUT2D eigenvalue weighted by molar-refractivity contribution is -0.141. The van der Waals surface area contributed by atoms with E-state index >= 15 is 0 Å². The van der Waals surface area contributed by atoms with Crippen LogP contribution in [-0.2, 0) is 13.2 Å². The Morgan fingerprint density at radius 2 is 2.07 bits per heavy atom. The third-order valence-electron chi connectivity index (χ3n) is 4.25. The van der Waals surface area contributed by atoms with E-state index in [1.54, 1.807) is 18.1 Å². The van der Waals surface area contributed by atoms with Crippen LogP contribution in [0.4, 0.5) is 29.6 Å². The van der Waals surface area contributed by atoms with Gasteiger partial charge in [0, 0.05) is 38.6 Å². The number of hydrogen-bond acceptors (Lipinski definition) is 6. The molecule has 2 aromatic heterocycles. The number of aryl methyl sites for hydroxylation is 1. The fourth-order valence-electron chi connectivity index (χ4n) is 2.88. The molecule has 1 saturated heterocycles. The molecule has 1 fully saturated rings. The third-order valence-corrected chi connectivity index (χ3v) is 4.25. The molecular weight excluding hydrogens is 379 g/mol. The number of urea groups is 1. The maximum absolute atomic E-state index is 12.5. The molecule has 0 bridgehead atoms. The molecule has 2 aromatic rings. The predicted molar refractivity (Wildman–Crippen MR) is 93.9 cm³/mol. The Balaban J connectivity index is 1.59. The van der Waals surface area contributed by atoms with Crippen LogP contribution in [0, 0.1) is 0 Å². The Bertz CT molecular complexity index is 898. The van der Waals surface area contributed by atoms with Gasteiger partial charge >= 0.3 is 12.2 Å². The van der Waals surface area contributed by atoms with Gasteiger partial charge in [0.1, 0.15) is 0 Å². The van der Waals surface area contributed by atoms with Crippen molar-refractivity contribution in [3.63, 3.8) is 0 Å². The fraction of sp³-hybridized carbons (Fsp3) is 0.438. The summed E-state index contributed by atoms with van der Waals surface area (Å²) >= 11 is 0. The molecule has 2 N–H and O–H groups in total. The molecule has 1 atom stereocenters. The molecule has 1 aliphatic heterocycles. The summed E-state index contributed by atoms with van der Waals surface area (Å²) in [5.74, 6) is 0.210. The molecular formula is C16H18F3N7O2. The lowest BCUT2D eigenvalue weighted by Crippen LogP contribution is -2.50. The second kappa shape index (κ2) is 7.82. The van der Waals surface area contributed by atoms with Crippen molar-refractivity contribution in [2.45, 2.75) is 25.1 Å². The summed E-state index contributed by atoms with van der Waals surface area (Å²) in [6.07, 6.45) is -0.0732. The van der Waals surface area contributed by atoms with Crippen molar-refractivity contribution >= 4 is 17.7 Å². The smallest absolute Gasteiger partial charge is 0.350 e. The van der Waals surface area contributed by atoms with Crippen LogP contribution in [-0.4, -0.2) is 44.9 Å². The molecule has 0 aromatic carbocycles. The Kier molecular flexibility index (Phi) is 5.47. The Hall–Kier alpha value is -3.18. The molecule has 150 valence electrons. The van der Waals surface area contributed by atoms with Gasteiger partial charge in [-0.05, 0) is 25.0 Å². The number of carbonyl (C=O) groups is 1. The molecule has 0 aliphatic carbocycles. The number of piperidine rings is 1. The molecule has 28 heavy (non-hydrogen) atoms. The van der Waals surface area contributed by atoms with Gasteiger partial charge in [0.15, 0.2) is 17.3 Å². The molecule has 1 unspecified atom stereocenters. The first kappa shape index (κ1) is 19.6. The van der Waals surface area contributed by atoms with Gasteiger partial charge in [-0.25, -0.2) is 9.78 Å². The average molecular weight is 397 g/mol. The van der Waals surface area contributed by atoms with Gasteiger partial charge in [-0.2, -0.15) is 13.2 Å². The second-order valence-corrected chi connectivity index (χ2v) is 6.35. The van der Waals surface area contributed by atoms with E-state index in [0.717, 1.165) is 18.6 Å². The fourth-order valence-corrected chi connectivity index (χ4v) is 2.88. The quantitative estimate of drug-likeness (QED) is 0.811. The van der Waals surface area contributed by atoms with Gasteiger partial charge in [-0.15, -0.1) is 10.2 Å². The van der Waals surface area contributed by atoms with Crippen molar-refractivity contribution in [1.82, 2.24) is 25.1 Å². The first-order chi connectivity index (χ1) is 13.2. The minimum atomic E-state index is -4.60. The molecule has 0 spiro atoms. The summed E-state index contributed by atoms with van der Waals surface area (Å²) < 4.78 is 38.9. The summed E-state index contributed by atoms with van der Waals surface area (Å²) in [4.78, 5) is 30.2. The van der Waals surface area contributed by atoms with Gasteiger partial charge < -0.3 is 14.8 Å². The predicted octanol–water partition coefficient (Wildman–Crippen LogP) is 1.38. The topological polar surface area (TPSA) is 105 Å². The molecule has 2 amide bonds. The van der Waals surface area contributed by atoms with E-state index in [4.69, 9.17) is 0 Å². The van der Waals surface area contributed by atoms with E-state index < -0.39 is 17.9 Å². The van der Waals surface area contributed by atoms with E-state index in [2.05, 4.69) is 25.8 Å². The molecule has 0 radical (unpaired) electrons. The average Bonchev–Trinajstić information content (AvgIpc) is 2.64. The van der Waals surface area contributed by atoms with E-state index in [-0.39, 0.29) is 17.4 Å². The Morgan fingerprint density at radius 1 is 1.29 bits per heavy atom. The molecule has 3 rings (SSSR count). The van der Waals surface area contributed by atoms with Crippen molar-refractivity contribution in [2.24, 2.45) is 7.05 Å². The van der Waals surface area contributed by atoms with Crippen LogP contribution in [0.5, 0.6) is 0 Å². The number of anilines is 2. The normalized spacial score (nSPS) is 17.3. The second-order valence-electron chi connectivity index (χ2n) is 6.35. The van der Waals surface area contributed by atoms with Gasteiger partial charge in [0.2, 0.25) is 0 Å². The number of nitrogens with zero attached hydrogens (tertiary/aromatic N) is 5. The third kappa shape index (κ3) is 4.56. The minimum absolute atomic E-state index is 0.100. The maximum Gasteiger partial charge on any atom is 0.435 e. The zero-order valence-electron chi connectivity index (χ0n) is 14.9. The Labute approximate surface area is 157 Å². The van der Waals surface area contributed by atoms with Crippen LogP contribution in [0.1, 0.15) is 18.5 Å². The molecule has 1 aliphatic rings. The highest BCUT2D eigenvalue weighted by atomic mass is 19.4. The lowest BCUT2D eigenvalue weighted by Gasteiger charge is -2.33. The summed E-state index contributed by atoms with van der Waals surface area (Å²) in [5.41, 5.74) is -1.37. The van der Waals surface area contributed by atoms with Crippen molar-refractivity contribution < 1.29 is 18.0 Å². The highest BCUT2D eigenvalue weighted by Crippen LogP contribution is 2.27. The van der Waals surface area contributed by atoms with Crippen LogP contribution in [0.15, 0.2) is 29.3 Å². The number of aromatic nitrogens is 4. The van der Waals surface area contributed by atoms with Crippen molar-refractivity contribution in [1.29, 1.82) is 0 Å². The van der Waals surface area contributed by atoms with Crippen molar-refractivity contribution in [2.75, 3.05) is 23.3 Å². The number of amides is 2. The zero-order chi connectivity index (χ0) is 20.3. The molecule has 3 heterocycles. The van der Waals surface area contributed by atoms with Gasteiger partial charge in [-0.1, -0.05) is 0 Å². The van der Waals surface area contributed by atoms with Crippen LogP contribution in [0.2, 0.25) is 0 Å². The first-order valence-corrected chi connectivity index (χ1v) is 8.49. The Morgan fingerprint density at radius 3 is 2.75 bits per heavy atom. The molecule has 9 nitrogen and oxygen atoms in total. The number of halogens is 3. The SMILES string of the molecule is Cn1ccnc(N2CCCC(NC(=O)Nc3ccc(C(F)(F)F)nn3)C2)c1=O. The summed E-state index contributed by atoms with van der Waals surface area (Å²) in [5, 5.41) is 11.5. The van der Waals surface area contributed by atoms with Crippen molar-refractivity contribution in [3.05, 3.63) is 40.6 Å². The van der Waals surface area contributed by atoms with E-state index in [1.165, 1.54) is 10.8 Å². The van der Waals surface area contributed by atoms with Crippen LogP contribution >= 0.6 is 0 Å². The van der Waals surface area contributed by atoms with Crippen molar-refractivity contribution in [3.8, 4) is 0 Å². The van der Waals surface area contributed by atoms with Gasteiger partial charge in [0.05, 0.1) is 0 Å². The standard InChI is InChI=1S/C16H18F3N7O2/c1-25-8-6-20-13(14(25)27)26-7-2-3-10(9-26)21-15(28)22-12-5-4-11(23-24-12)16(17,18)19/h4-6,8,10H,2-3,7,9H2,1H3,(H2,21,22,24,28). The van der Waals surface area contributed by atoms with Gasteiger partial charge in [0.25, 0.3) is 5.56 Å². The largest absolute Gasteiger partial charge is 0.435 e. The molecule has 12 heteroatoms. The number of alkyl halides is 3. The number of rotatable bonds is 3. The zero-order valence-corrected chi connectivity index (χ0v) is 14.9. The van der Waals surface area contributed by atoms with Gasteiger partial charge in [-0.3, -0.25) is 10.1 Å². The van der Waals surface area contributed by atoms with E-state index in [9.17, 15) is 22.8 Å². The van der Waals surface area contributed by atoms with Crippen LogP contribution in [0.3, 0.4) is 0 Å². The summed E-state index contributed by atoms with van der Waals surface area (Å²) in [6.45, 7) is 1.02. The number of carbonyl (C=O) groups excluding carboxylic acids is 1. The monoisotopic (exact) mass is 397 g/mol. The lowest BCUT2D eigenvalue weighted by atomic mass is 10.1. The van der Waals surface area contributed by atoms with E-state index in [0.29, 0.717) is 25.3 Å². The number of hydrogen-bond donors (Lipinski definition) is 2. The van der Waals surface area contributed by atoms with Crippen LogP contribution < -0.4 is 21.1 Å². The molecule has 0 saturated carbocycles. The highest BCUT2D eigenvalue weighted by molar-refractivity contribution is 5.88. The summed E-state index contributed by atoms with van der Waals surface area (Å²) in [7, 11) is 1.63. The number of nitrogens with one attached hydrogen (secondary N) is 2. The first-order valence-electron chi connectivity index (χ1n) is 8.49. The van der Waals surface area contributed by atoms with Crippen LogP contribution in [0.25, 0.3) is 0 Å². The maximum atomic E-state index is 12.5.